The first-order chi connectivity index (χ1) is 7.34. The van der Waals surface area contributed by atoms with Crippen molar-refractivity contribution in [1.82, 2.24) is 0 Å². The van der Waals surface area contributed by atoms with E-state index in [1.54, 1.807) is 24.3 Å². The van der Waals surface area contributed by atoms with Gasteiger partial charge in [-0.2, -0.15) is 0 Å². The summed E-state index contributed by atoms with van der Waals surface area (Å²) in [4.78, 5) is 11.4. The summed E-state index contributed by atoms with van der Waals surface area (Å²) < 4.78 is 4.92. The van der Waals surface area contributed by atoms with E-state index in [1.807, 2.05) is 18.2 Å². The minimum Gasteiger partial charge on any atom is -0.431 e. The van der Waals surface area contributed by atoms with Crippen LogP contribution >= 0.6 is 0 Å². The lowest BCUT2D eigenvalue weighted by Crippen LogP contribution is -1.99. The highest BCUT2D eigenvalue weighted by molar-refractivity contribution is 5.89. The number of benzene rings is 1. The van der Waals surface area contributed by atoms with Crippen LogP contribution in [-0.4, -0.2) is 5.97 Å². The lowest BCUT2D eigenvalue weighted by atomic mass is 10.2. The third-order valence-corrected chi connectivity index (χ3v) is 1.82. The van der Waals surface area contributed by atoms with Crippen LogP contribution in [0.15, 0.2) is 55.3 Å². The van der Waals surface area contributed by atoms with Gasteiger partial charge in [-0.25, -0.2) is 4.79 Å². The van der Waals surface area contributed by atoms with E-state index in [2.05, 4.69) is 6.58 Å². The molecule has 0 aliphatic rings. The van der Waals surface area contributed by atoms with Gasteiger partial charge in [-0.3, -0.25) is 0 Å². The molecule has 2 nitrogen and oxygen atoms in total. The topological polar surface area (TPSA) is 26.3 Å². The van der Waals surface area contributed by atoms with Gasteiger partial charge in [0.05, 0.1) is 11.8 Å². The number of hydrogen-bond donors (Lipinski definition) is 0. The molecule has 0 saturated heterocycles. The molecule has 0 saturated carbocycles. The molecule has 0 amide bonds. The maximum atomic E-state index is 11.4. The smallest absolute Gasteiger partial charge is 0.342 e. The Balaban J connectivity index is 2.37. The van der Waals surface area contributed by atoms with E-state index < -0.39 is 0 Å². The molecule has 0 heterocycles. The van der Waals surface area contributed by atoms with Gasteiger partial charge >= 0.3 is 5.97 Å². The zero-order valence-electron chi connectivity index (χ0n) is 8.56. The summed E-state index contributed by atoms with van der Waals surface area (Å²) in [5.74, 6) is -0.328. The average molecular weight is 202 g/mol. The van der Waals surface area contributed by atoms with Crippen molar-refractivity contribution in [2.24, 2.45) is 0 Å². The Hall–Kier alpha value is -1.83. The number of carbonyl (C=O) groups excluding carboxylic acids is 1. The van der Waals surface area contributed by atoms with E-state index in [9.17, 15) is 4.79 Å². The van der Waals surface area contributed by atoms with Crippen molar-refractivity contribution in [3.05, 3.63) is 60.9 Å². The Morgan fingerprint density at radius 1 is 1.27 bits per heavy atom. The SMILES string of the molecule is C=CCC/C=C/OC(=O)c1ccccc1. The zero-order valence-corrected chi connectivity index (χ0v) is 8.56. The summed E-state index contributed by atoms with van der Waals surface area (Å²) >= 11 is 0. The second kappa shape index (κ2) is 6.60. The van der Waals surface area contributed by atoms with Crippen LogP contribution in [0.1, 0.15) is 23.2 Å². The van der Waals surface area contributed by atoms with E-state index in [0.29, 0.717) is 5.56 Å². The molecule has 1 aromatic rings. The number of rotatable bonds is 5. The summed E-state index contributed by atoms with van der Waals surface area (Å²) in [6.07, 6.45) is 6.79. The van der Waals surface area contributed by atoms with Crippen molar-refractivity contribution in [1.29, 1.82) is 0 Å². The molecule has 1 aromatic carbocycles. The molecule has 0 radical (unpaired) electrons. The Morgan fingerprint density at radius 2 is 2.00 bits per heavy atom. The van der Waals surface area contributed by atoms with Crippen molar-refractivity contribution in [2.75, 3.05) is 0 Å². The minimum absolute atomic E-state index is 0.328. The highest BCUT2D eigenvalue weighted by Crippen LogP contribution is 2.01. The molecular weight excluding hydrogens is 188 g/mol. The second-order valence-corrected chi connectivity index (χ2v) is 3.01. The van der Waals surface area contributed by atoms with Crippen molar-refractivity contribution in [3.63, 3.8) is 0 Å². The van der Waals surface area contributed by atoms with Crippen molar-refractivity contribution >= 4 is 5.97 Å². The van der Waals surface area contributed by atoms with Gasteiger partial charge in [0.15, 0.2) is 0 Å². The fourth-order valence-electron chi connectivity index (χ4n) is 1.03. The fourth-order valence-corrected chi connectivity index (χ4v) is 1.03. The molecule has 0 bridgehead atoms. The lowest BCUT2D eigenvalue weighted by Gasteiger charge is -1.97. The Kier molecular flexibility index (Phi) is 4.95. The summed E-state index contributed by atoms with van der Waals surface area (Å²) in [6.45, 7) is 3.60. The molecule has 78 valence electrons. The first kappa shape index (κ1) is 11.2. The van der Waals surface area contributed by atoms with Crippen LogP contribution in [-0.2, 0) is 4.74 Å². The molecule has 0 spiro atoms. The van der Waals surface area contributed by atoms with Gasteiger partial charge in [0.1, 0.15) is 0 Å². The lowest BCUT2D eigenvalue weighted by molar-refractivity contribution is 0.0662. The van der Waals surface area contributed by atoms with Crippen molar-refractivity contribution in [3.8, 4) is 0 Å². The number of carbonyl (C=O) groups is 1. The zero-order chi connectivity index (χ0) is 10.9. The second-order valence-electron chi connectivity index (χ2n) is 3.01. The summed E-state index contributed by atoms with van der Waals surface area (Å²) in [5, 5.41) is 0. The number of allylic oxidation sites excluding steroid dienone is 2. The molecule has 0 unspecified atom stereocenters. The van der Waals surface area contributed by atoms with E-state index in [0.717, 1.165) is 12.8 Å². The molecule has 15 heavy (non-hydrogen) atoms. The summed E-state index contributed by atoms with van der Waals surface area (Å²) in [6, 6.07) is 8.91. The Morgan fingerprint density at radius 3 is 2.67 bits per heavy atom. The van der Waals surface area contributed by atoms with Crippen LogP contribution in [0, 0.1) is 0 Å². The molecule has 0 aliphatic heterocycles. The molecule has 0 atom stereocenters. The predicted molar refractivity (Wildman–Crippen MR) is 60.4 cm³/mol. The van der Waals surface area contributed by atoms with Crippen LogP contribution in [0.25, 0.3) is 0 Å². The maximum absolute atomic E-state index is 11.4. The van der Waals surface area contributed by atoms with Crippen LogP contribution < -0.4 is 0 Å². The number of unbranched alkanes of at least 4 members (excludes halogenated alkanes) is 1. The van der Waals surface area contributed by atoms with E-state index in [-0.39, 0.29) is 5.97 Å². The average Bonchev–Trinajstić information content (AvgIpc) is 2.30. The fraction of sp³-hybridized carbons (Fsp3) is 0.154. The number of hydrogen-bond acceptors (Lipinski definition) is 2. The van der Waals surface area contributed by atoms with Gasteiger partial charge in [-0.15, -0.1) is 6.58 Å². The molecule has 0 N–H and O–H groups in total. The number of ether oxygens (including phenoxy) is 1. The van der Waals surface area contributed by atoms with E-state index in [1.165, 1.54) is 6.26 Å². The van der Waals surface area contributed by atoms with Gasteiger partial charge in [-0.1, -0.05) is 24.3 Å². The van der Waals surface area contributed by atoms with E-state index in [4.69, 9.17) is 4.74 Å². The third kappa shape index (κ3) is 4.27. The van der Waals surface area contributed by atoms with E-state index >= 15 is 0 Å². The van der Waals surface area contributed by atoms with Crippen LogP contribution in [0.5, 0.6) is 0 Å². The predicted octanol–water partition coefficient (Wildman–Crippen LogP) is 3.32. The van der Waals surface area contributed by atoms with Gasteiger partial charge in [0, 0.05) is 0 Å². The monoisotopic (exact) mass is 202 g/mol. The van der Waals surface area contributed by atoms with Gasteiger partial charge < -0.3 is 4.74 Å². The number of esters is 1. The third-order valence-electron chi connectivity index (χ3n) is 1.82. The first-order valence-corrected chi connectivity index (χ1v) is 4.86. The standard InChI is InChI=1S/C13H14O2/c1-2-3-4-8-11-15-13(14)12-9-6-5-7-10-12/h2,5-11H,1,3-4H2/b11-8+. The molecular formula is C13H14O2. The first-order valence-electron chi connectivity index (χ1n) is 4.86. The molecule has 2 heteroatoms. The largest absolute Gasteiger partial charge is 0.431 e. The Labute approximate surface area is 89.9 Å². The highest BCUT2D eigenvalue weighted by atomic mass is 16.5. The maximum Gasteiger partial charge on any atom is 0.342 e. The molecule has 1 rings (SSSR count). The molecule has 0 aliphatic carbocycles. The normalized spacial score (nSPS) is 10.1. The van der Waals surface area contributed by atoms with Crippen LogP contribution in [0.2, 0.25) is 0 Å². The quantitative estimate of drug-likeness (QED) is 0.317. The van der Waals surface area contributed by atoms with Crippen molar-refractivity contribution < 1.29 is 9.53 Å². The van der Waals surface area contributed by atoms with Crippen LogP contribution in [0.4, 0.5) is 0 Å². The van der Waals surface area contributed by atoms with Crippen molar-refractivity contribution in [2.45, 2.75) is 12.8 Å². The van der Waals surface area contributed by atoms with Gasteiger partial charge in [0.25, 0.3) is 0 Å². The minimum atomic E-state index is -0.328. The summed E-state index contributed by atoms with van der Waals surface area (Å²) in [5.41, 5.74) is 0.561. The van der Waals surface area contributed by atoms with Crippen LogP contribution in [0.3, 0.4) is 0 Å². The highest BCUT2D eigenvalue weighted by Gasteiger charge is 2.02. The van der Waals surface area contributed by atoms with Gasteiger partial charge in [-0.05, 0) is 31.1 Å². The molecule has 0 aromatic heterocycles. The molecule has 0 fully saturated rings. The Bertz CT molecular complexity index is 339. The van der Waals surface area contributed by atoms with Gasteiger partial charge in [0.2, 0.25) is 0 Å². The summed E-state index contributed by atoms with van der Waals surface area (Å²) in [7, 11) is 0.